The van der Waals surface area contributed by atoms with E-state index in [-0.39, 0.29) is 12.4 Å². The van der Waals surface area contributed by atoms with Gasteiger partial charge in [0.25, 0.3) is 0 Å². The Morgan fingerprint density at radius 2 is 1.62 bits per heavy atom. The number of hydrogen-bond acceptors (Lipinski definition) is 3. The van der Waals surface area contributed by atoms with Gasteiger partial charge in [0.1, 0.15) is 6.61 Å². The molecule has 132 valence electrons. The molecule has 0 unspecified atom stereocenters. The molecule has 0 aliphatic carbocycles. The Bertz CT molecular complexity index is 603. The first kappa shape index (κ1) is 20.6. The van der Waals surface area contributed by atoms with E-state index in [2.05, 4.69) is 18.3 Å². The van der Waals surface area contributed by atoms with Crippen LogP contribution < -0.4 is 14.8 Å². The molecule has 0 bridgehead atoms. The second-order valence-corrected chi connectivity index (χ2v) is 5.74. The van der Waals surface area contributed by atoms with Crippen LogP contribution in [0.4, 0.5) is 0 Å². The summed E-state index contributed by atoms with van der Waals surface area (Å²) in [4.78, 5) is 0. The Morgan fingerprint density at radius 3 is 2.29 bits per heavy atom. The molecular weight excluding hydrogens is 345 g/mol. The van der Waals surface area contributed by atoms with Crippen molar-refractivity contribution >= 4 is 24.0 Å². The van der Waals surface area contributed by atoms with Gasteiger partial charge < -0.3 is 14.8 Å². The molecule has 0 heterocycles. The van der Waals surface area contributed by atoms with Gasteiger partial charge in [-0.1, -0.05) is 36.7 Å². The molecule has 0 amide bonds. The fourth-order valence-corrected chi connectivity index (χ4v) is 2.33. The van der Waals surface area contributed by atoms with Crippen LogP contribution in [0.5, 0.6) is 11.5 Å². The maximum absolute atomic E-state index is 5.91. The van der Waals surface area contributed by atoms with Crippen LogP contribution in [0.2, 0.25) is 5.02 Å². The van der Waals surface area contributed by atoms with Crippen LogP contribution in [0.15, 0.2) is 42.5 Å². The van der Waals surface area contributed by atoms with Gasteiger partial charge in [-0.15, -0.1) is 12.4 Å². The average molecular weight is 370 g/mol. The molecule has 0 aliphatic rings. The fourth-order valence-electron chi connectivity index (χ4n) is 2.20. The first-order valence-electron chi connectivity index (χ1n) is 8.06. The predicted molar refractivity (Wildman–Crippen MR) is 103 cm³/mol. The highest BCUT2D eigenvalue weighted by atomic mass is 35.5. The molecule has 5 heteroatoms. The number of nitrogens with one attached hydrogen (secondary N) is 1. The van der Waals surface area contributed by atoms with E-state index in [1.54, 1.807) is 0 Å². The summed E-state index contributed by atoms with van der Waals surface area (Å²) in [6.07, 6.45) is 1.13. The lowest BCUT2D eigenvalue weighted by atomic mass is 10.2. The highest BCUT2D eigenvalue weighted by Gasteiger charge is 2.07. The minimum atomic E-state index is 0. The third-order valence-corrected chi connectivity index (χ3v) is 3.62. The van der Waals surface area contributed by atoms with Crippen molar-refractivity contribution in [2.45, 2.75) is 33.4 Å². The van der Waals surface area contributed by atoms with E-state index in [0.29, 0.717) is 13.2 Å². The second kappa shape index (κ2) is 11.2. The van der Waals surface area contributed by atoms with Crippen LogP contribution in [0.3, 0.4) is 0 Å². The van der Waals surface area contributed by atoms with Crippen molar-refractivity contribution in [1.29, 1.82) is 0 Å². The summed E-state index contributed by atoms with van der Waals surface area (Å²) in [6, 6.07) is 13.8. The number of hydrogen-bond donors (Lipinski definition) is 1. The lowest BCUT2D eigenvalue weighted by molar-refractivity contribution is 0.269. The number of rotatable bonds is 9. The van der Waals surface area contributed by atoms with Gasteiger partial charge in [-0.05, 0) is 55.3 Å². The van der Waals surface area contributed by atoms with Gasteiger partial charge in [0, 0.05) is 11.6 Å². The second-order valence-electron chi connectivity index (χ2n) is 5.31. The number of halogens is 2. The van der Waals surface area contributed by atoms with E-state index in [9.17, 15) is 0 Å². The third kappa shape index (κ3) is 6.60. The highest BCUT2D eigenvalue weighted by molar-refractivity contribution is 6.30. The van der Waals surface area contributed by atoms with Gasteiger partial charge in [0.2, 0.25) is 0 Å². The molecule has 0 radical (unpaired) electrons. The van der Waals surface area contributed by atoms with Gasteiger partial charge in [0.15, 0.2) is 11.5 Å². The minimum Gasteiger partial charge on any atom is -0.490 e. The molecule has 3 nitrogen and oxygen atoms in total. The van der Waals surface area contributed by atoms with Gasteiger partial charge in [0.05, 0.1) is 6.61 Å². The molecule has 2 aromatic rings. The first-order chi connectivity index (χ1) is 11.2. The van der Waals surface area contributed by atoms with Gasteiger partial charge in [-0.3, -0.25) is 0 Å². The van der Waals surface area contributed by atoms with Crippen molar-refractivity contribution in [2.24, 2.45) is 0 Å². The summed E-state index contributed by atoms with van der Waals surface area (Å²) in [5, 5.41) is 4.12. The molecule has 0 fully saturated rings. The average Bonchev–Trinajstić information content (AvgIpc) is 2.56. The minimum absolute atomic E-state index is 0. The van der Waals surface area contributed by atoms with Crippen molar-refractivity contribution in [3.05, 3.63) is 58.6 Å². The van der Waals surface area contributed by atoms with Gasteiger partial charge in [-0.2, -0.15) is 0 Å². The van der Waals surface area contributed by atoms with Crippen LogP contribution in [0.1, 0.15) is 31.4 Å². The lowest BCUT2D eigenvalue weighted by Gasteiger charge is -2.14. The zero-order chi connectivity index (χ0) is 16.5. The SMILES string of the molecule is CCCNCc1ccc(OCc2ccc(Cl)cc2)c(OCC)c1.Cl. The summed E-state index contributed by atoms with van der Waals surface area (Å²) in [5.74, 6) is 1.55. The maximum Gasteiger partial charge on any atom is 0.161 e. The summed E-state index contributed by atoms with van der Waals surface area (Å²) in [7, 11) is 0. The third-order valence-electron chi connectivity index (χ3n) is 3.37. The zero-order valence-electron chi connectivity index (χ0n) is 14.2. The molecule has 0 saturated carbocycles. The van der Waals surface area contributed by atoms with E-state index >= 15 is 0 Å². The normalized spacial score (nSPS) is 10.1. The summed E-state index contributed by atoms with van der Waals surface area (Å²) >= 11 is 5.90. The smallest absolute Gasteiger partial charge is 0.161 e. The quantitative estimate of drug-likeness (QED) is 0.613. The zero-order valence-corrected chi connectivity index (χ0v) is 15.8. The van der Waals surface area contributed by atoms with Crippen molar-refractivity contribution in [3.8, 4) is 11.5 Å². The summed E-state index contributed by atoms with van der Waals surface area (Å²) in [5.41, 5.74) is 2.27. The Hall–Kier alpha value is -1.42. The van der Waals surface area contributed by atoms with Crippen LogP contribution in [0.25, 0.3) is 0 Å². The Balaban J connectivity index is 0.00000288. The summed E-state index contributed by atoms with van der Waals surface area (Å²) in [6.45, 7) is 7.09. The fraction of sp³-hybridized carbons (Fsp3) is 0.368. The Labute approximate surface area is 155 Å². The first-order valence-corrected chi connectivity index (χ1v) is 8.44. The summed E-state index contributed by atoms with van der Waals surface area (Å²) < 4.78 is 11.6. The van der Waals surface area contributed by atoms with E-state index < -0.39 is 0 Å². The van der Waals surface area contributed by atoms with Crippen LogP contribution in [0, 0.1) is 0 Å². The maximum atomic E-state index is 5.91. The topological polar surface area (TPSA) is 30.5 Å². The molecular formula is C19H25Cl2NO2. The standard InChI is InChI=1S/C19H24ClNO2.ClH/c1-3-11-21-13-16-7-10-18(19(12-16)22-4-2)23-14-15-5-8-17(20)9-6-15;/h5-10,12,21H,3-4,11,13-14H2,1-2H3;1H. The van der Waals surface area contributed by atoms with E-state index in [4.69, 9.17) is 21.1 Å². The van der Waals surface area contributed by atoms with E-state index in [0.717, 1.165) is 41.6 Å². The highest BCUT2D eigenvalue weighted by Crippen LogP contribution is 2.29. The van der Waals surface area contributed by atoms with Crippen molar-refractivity contribution in [3.63, 3.8) is 0 Å². The largest absolute Gasteiger partial charge is 0.490 e. The predicted octanol–water partition coefficient (Wildman–Crippen LogP) is 5.24. The van der Waals surface area contributed by atoms with Gasteiger partial charge in [-0.25, -0.2) is 0 Å². The Morgan fingerprint density at radius 1 is 0.917 bits per heavy atom. The van der Waals surface area contributed by atoms with Crippen LogP contribution >= 0.6 is 24.0 Å². The van der Waals surface area contributed by atoms with Crippen molar-refractivity contribution in [1.82, 2.24) is 5.32 Å². The van der Waals surface area contributed by atoms with E-state index in [1.807, 2.05) is 43.3 Å². The molecule has 2 rings (SSSR count). The molecule has 0 aliphatic heterocycles. The van der Waals surface area contributed by atoms with Crippen molar-refractivity contribution in [2.75, 3.05) is 13.2 Å². The molecule has 0 aromatic heterocycles. The lowest BCUT2D eigenvalue weighted by Crippen LogP contribution is -2.13. The molecule has 0 spiro atoms. The van der Waals surface area contributed by atoms with Crippen molar-refractivity contribution < 1.29 is 9.47 Å². The molecule has 0 atom stereocenters. The number of ether oxygens (including phenoxy) is 2. The van der Waals surface area contributed by atoms with Crippen LogP contribution in [-0.2, 0) is 13.2 Å². The molecule has 24 heavy (non-hydrogen) atoms. The van der Waals surface area contributed by atoms with Gasteiger partial charge >= 0.3 is 0 Å². The molecule has 0 saturated heterocycles. The molecule has 1 N–H and O–H groups in total. The molecule has 2 aromatic carbocycles. The Kier molecular flexibility index (Phi) is 9.62. The monoisotopic (exact) mass is 369 g/mol. The van der Waals surface area contributed by atoms with Crippen LogP contribution in [-0.4, -0.2) is 13.2 Å². The van der Waals surface area contributed by atoms with E-state index in [1.165, 1.54) is 5.56 Å². The number of benzene rings is 2.